The van der Waals surface area contributed by atoms with Crippen LogP contribution in [0, 0.1) is 22.7 Å². The second-order valence-corrected chi connectivity index (χ2v) is 8.35. The number of carbonyl (C=O) groups excluding carboxylic acids is 1. The summed E-state index contributed by atoms with van der Waals surface area (Å²) in [6, 6.07) is 0. The van der Waals surface area contributed by atoms with Gasteiger partial charge in [0.1, 0.15) is 0 Å². The first kappa shape index (κ1) is 14.8. The fourth-order valence-electron chi connectivity index (χ4n) is 5.03. The molecule has 0 saturated heterocycles. The molecule has 0 radical (unpaired) electrons. The summed E-state index contributed by atoms with van der Waals surface area (Å²) in [6.45, 7) is 11.4. The summed E-state index contributed by atoms with van der Waals surface area (Å²) in [5, 5.41) is 0. The summed E-state index contributed by atoms with van der Waals surface area (Å²) >= 11 is 0. The predicted octanol–water partition coefficient (Wildman–Crippen LogP) is 5.24. The van der Waals surface area contributed by atoms with Crippen molar-refractivity contribution in [3.8, 4) is 0 Å². The van der Waals surface area contributed by atoms with E-state index in [1.165, 1.54) is 24.8 Å². The zero-order valence-corrected chi connectivity index (χ0v) is 14.1. The predicted molar refractivity (Wildman–Crippen MR) is 87.9 cm³/mol. The van der Waals surface area contributed by atoms with Crippen LogP contribution in [0.25, 0.3) is 0 Å². The molecule has 3 rings (SSSR count). The molecule has 0 spiro atoms. The van der Waals surface area contributed by atoms with Gasteiger partial charge in [-0.25, -0.2) is 0 Å². The van der Waals surface area contributed by atoms with Gasteiger partial charge in [0.15, 0.2) is 5.78 Å². The van der Waals surface area contributed by atoms with E-state index < -0.39 is 0 Å². The zero-order valence-electron chi connectivity index (χ0n) is 14.1. The van der Waals surface area contributed by atoms with Crippen LogP contribution in [0.5, 0.6) is 0 Å². The first-order valence-electron chi connectivity index (χ1n) is 8.45. The number of hydrogen-bond donors (Lipinski definition) is 0. The lowest BCUT2D eigenvalue weighted by Gasteiger charge is -2.54. The Labute approximate surface area is 129 Å². The van der Waals surface area contributed by atoms with E-state index in [-0.39, 0.29) is 11.2 Å². The van der Waals surface area contributed by atoms with Gasteiger partial charge in [0, 0.05) is 11.1 Å². The van der Waals surface area contributed by atoms with E-state index in [0.29, 0.717) is 17.3 Å². The van der Waals surface area contributed by atoms with Gasteiger partial charge in [-0.05, 0) is 47.5 Å². The summed E-state index contributed by atoms with van der Waals surface area (Å²) < 4.78 is 0. The first-order chi connectivity index (χ1) is 9.77. The minimum absolute atomic E-state index is 0.181. The lowest BCUT2D eigenvalue weighted by molar-refractivity contribution is -0.113. The normalized spacial score (nSPS) is 34.7. The zero-order chi connectivity index (χ0) is 15.4. The van der Waals surface area contributed by atoms with Crippen molar-refractivity contribution in [1.29, 1.82) is 0 Å². The van der Waals surface area contributed by atoms with Crippen LogP contribution in [0.3, 0.4) is 0 Å². The van der Waals surface area contributed by atoms with Gasteiger partial charge >= 0.3 is 0 Å². The molecule has 21 heavy (non-hydrogen) atoms. The maximum atomic E-state index is 12.8. The van der Waals surface area contributed by atoms with Crippen LogP contribution in [0.15, 0.2) is 34.9 Å². The Morgan fingerprint density at radius 1 is 1.14 bits per heavy atom. The highest BCUT2D eigenvalue weighted by Crippen LogP contribution is 2.60. The van der Waals surface area contributed by atoms with Crippen molar-refractivity contribution >= 4 is 5.78 Å². The molecular formula is C20H28O. The SMILES string of the molecule is CC(C)C1=CC=C2C(=CC[C@H]3C(C)(C)CCC[C@]23C)C1=O. The standard InChI is InChI=1S/C20H28O/c1-13(2)14-7-9-16-15(18(14)21)8-10-17-19(3,4)11-6-12-20(16,17)5/h7-9,13,17H,6,10-12H2,1-5H3/t17-,20+/m0/s1. The van der Waals surface area contributed by atoms with Crippen molar-refractivity contribution in [2.24, 2.45) is 22.7 Å². The molecule has 0 bridgehead atoms. The van der Waals surface area contributed by atoms with E-state index in [2.05, 4.69) is 52.8 Å². The molecule has 3 aliphatic rings. The van der Waals surface area contributed by atoms with E-state index >= 15 is 0 Å². The van der Waals surface area contributed by atoms with E-state index in [9.17, 15) is 4.79 Å². The van der Waals surface area contributed by atoms with Crippen molar-refractivity contribution in [2.75, 3.05) is 0 Å². The summed E-state index contributed by atoms with van der Waals surface area (Å²) in [6.07, 6.45) is 11.5. The average molecular weight is 284 g/mol. The topological polar surface area (TPSA) is 17.1 Å². The number of hydrogen-bond acceptors (Lipinski definition) is 1. The van der Waals surface area contributed by atoms with Gasteiger partial charge in [0.05, 0.1) is 0 Å². The number of allylic oxidation sites excluding steroid dienone is 6. The van der Waals surface area contributed by atoms with E-state index in [1.807, 2.05) is 0 Å². The van der Waals surface area contributed by atoms with Crippen molar-refractivity contribution in [1.82, 2.24) is 0 Å². The van der Waals surface area contributed by atoms with Crippen molar-refractivity contribution in [3.05, 3.63) is 34.9 Å². The highest BCUT2D eigenvalue weighted by atomic mass is 16.1. The van der Waals surface area contributed by atoms with Gasteiger partial charge in [-0.15, -0.1) is 0 Å². The Morgan fingerprint density at radius 3 is 2.52 bits per heavy atom. The highest BCUT2D eigenvalue weighted by molar-refractivity contribution is 6.13. The third-order valence-electron chi connectivity index (χ3n) is 6.25. The van der Waals surface area contributed by atoms with E-state index in [1.54, 1.807) is 0 Å². The van der Waals surface area contributed by atoms with Gasteiger partial charge < -0.3 is 0 Å². The van der Waals surface area contributed by atoms with Gasteiger partial charge in [0.25, 0.3) is 0 Å². The number of ketones is 1. The molecule has 114 valence electrons. The van der Waals surface area contributed by atoms with Gasteiger partial charge in [-0.1, -0.05) is 59.3 Å². The monoisotopic (exact) mass is 284 g/mol. The molecule has 3 aliphatic carbocycles. The Bertz CT molecular complexity index is 571. The molecule has 1 saturated carbocycles. The minimum atomic E-state index is 0.181. The molecule has 0 aromatic carbocycles. The fourth-order valence-corrected chi connectivity index (χ4v) is 5.03. The third kappa shape index (κ3) is 2.08. The maximum Gasteiger partial charge on any atom is 0.189 e. The summed E-state index contributed by atoms with van der Waals surface area (Å²) in [7, 11) is 0. The molecule has 0 heterocycles. The number of fused-ring (bicyclic) bond motifs is 3. The van der Waals surface area contributed by atoms with E-state index in [4.69, 9.17) is 0 Å². The molecule has 0 aliphatic heterocycles. The largest absolute Gasteiger partial charge is 0.289 e. The lowest BCUT2D eigenvalue weighted by atomic mass is 9.49. The molecule has 0 unspecified atom stereocenters. The molecule has 1 nitrogen and oxygen atoms in total. The third-order valence-corrected chi connectivity index (χ3v) is 6.25. The fraction of sp³-hybridized carbons (Fsp3) is 0.650. The number of carbonyl (C=O) groups is 1. The van der Waals surface area contributed by atoms with Crippen molar-refractivity contribution < 1.29 is 4.79 Å². The van der Waals surface area contributed by atoms with Crippen LogP contribution in [0.2, 0.25) is 0 Å². The van der Waals surface area contributed by atoms with Crippen LogP contribution >= 0.6 is 0 Å². The molecule has 0 aromatic rings. The van der Waals surface area contributed by atoms with Crippen LogP contribution in [0.4, 0.5) is 0 Å². The quantitative estimate of drug-likeness (QED) is 0.643. The molecule has 0 amide bonds. The lowest BCUT2D eigenvalue weighted by Crippen LogP contribution is -2.46. The first-order valence-corrected chi connectivity index (χ1v) is 8.45. The Morgan fingerprint density at radius 2 is 1.86 bits per heavy atom. The Hall–Kier alpha value is -1.11. The smallest absolute Gasteiger partial charge is 0.189 e. The number of rotatable bonds is 1. The maximum absolute atomic E-state index is 12.8. The van der Waals surface area contributed by atoms with Crippen LogP contribution in [-0.2, 0) is 4.79 Å². The van der Waals surface area contributed by atoms with Crippen LogP contribution < -0.4 is 0 Å². The Balaban J connectivity index is 2.10. The van der Waals surface area contributed by atoms with Gasteiger partial charge in [-0.3, -0.25) is 4.79 Å². The van der Waals surface area contributed by atoms with Crippen molar-refractivity contribution in [3.63, 3.8) is 0 Å². The van der Waals surface area contributed by atoms with E-state index in [0.717, 1.165) is 17.6 Å². The average Bonchev–Trinajstić information content (AvgIpc) is 2.38. The second-order valence-electron chi connectivity index (χ2n) is 8.35. The van der Waals surface area contributed by atoms with Crippen molar-refractivity contribution in [2.45, 2.75) is 60.3 Å². The summed E-state index contributed by atoms with van der Waals surface area (Å²) in [5.74, 6) is 1.26. The van der Waals surface area contributed by atoms with Crippen LogP contribution in [-0.4, -0.2) is 5.78 Å². The Kier molecular flexibility index (Phi) is 3.31. The number of Topliss-reactive ketones (excluding diaryl/α,β-unsaturated/α-hetero) is 1. The summed E-state index contributed by atoms with van der Waals surface area (Å²) in [5.41, 5.74) is 3.86. The molecule has 0 aromatic heterocycles. The van der Waals surface area contributed by atoms with Gasteiger partial charge in [0.2, 0.25) is 0 Å². The minimum Gasteiger partial charge on any atom is -0.289 e. The highest BCUT2D eigenvalue weighted by Gasteiger charge is 2.51. The summed E-state index contributed by atoms with van der Waals surface area (Å²) in [4.78, 5) is 12.8. The van der Waals surface area contributed by atoms with Gasteiger partial charge in [-0.2, -0.15) is 0 Å². The second kappa shape index (κ2) is 4.69. The molecule has 0 N–H and O–H groups in total. The van der Waals surface area contributed by atoms with Crippen LogP contribution in [0.1, 0.15) is 60.3 Å². The molecule has 1 fully saturated rings. The molecular weight excluding hydrogens is 256 g/mol. The molecule has 1 heteroatoms. The molecule has 2 atom stereocenters.